The first-order chi connectivity index (χ1) is 9.67. The van der Waals surface area contributed by atoms with Crippen molar-refractivity contribution in [3.05, 3.63) is 48.6 Å². The predicted molar refractivity (Wildman–Crippen MR) is 82.7 cm³/mol. The summed E-state index contributed by atoms with van der Waals surface area (Å²) in [5.74, 6) is 1.70. The fourth-order valence-electron chi connectivity index (χ4n) is 2.29. The van der Waals surface area contributed by atoms with E-state index in [2.05, 4.69) is 23.7 Å². The number of methoxy groups -OCH3 is 1. The Bertz CT molecular complexity index is 786. The van der Waals surface area contributed by atoms with Crippen molar-refractivity contribution >= 4 is 21.8 Å². The van der Waals surface area contributed by atoms with E-state index in [1.54, 1.807) is 7.11 Å². The van der Waals surface area contributed by atoms with Crippen molar-refractivity contribution in [2.45, 2.75) is 6.92 Å². The van der Waals surface area contributed by atoms with Crippen molar-refractivity contribution in [2.75, 3.05) is 13.7 Å². The molecule has 0 bridgehead atoms. The molecule has 0 aliphatic heterocycles. The highest BCUT2D eigenvalue weighted by atomic mass is 16.5. The Morgan fingerprint density at radius 2 is 1.65 bits per heavy atom. The molecule has 0 fully saturated rings. The second-order valence-electron chi connectivity index (χ2n) is 4.99. The number of rotatable bonds is 4. The normalized spacial score (nSPS) is 10.9. The van der Waals surface area contributed by atoms with Gasteiger partial charge in [0.15, 0.2) is 0 Å². The van der Waals surface area contributed by atoms with Crippen molar-refractivity contribution in [3.8, 4) is 11.5 Å². The maximum atomic E-state index is 5.67. The SMILES string of the molecule is C=C(C)COc1ccc2c(c1)[nH]c1cc(OC)ccc12. The fourth-order valence-corrected chi connectivity index (χ4v) is 2.29. The Morgan fingerprint density at radius 1 is 1.05 bits per heavy atom. The van der Waals surface area contributed by atoms with Crippen LogP contribution < -0.4 is 9.47 Å². The number of nitrogens with one attached hydrogen (secondary N) is 1. The van der Waals surface area contributed by atoms with E-state index in [4.69, 9.17) is 9.47 Å². The minimum absolute atomic E-state index is 0.541. The lowest BCUT2D eigenvalue weighted by Crippen LogP contribution is -1.96. The number of aromatic amines is 1. The second kappa shape index (κ2) is 4.93. The molecule has 1 aromatic heterocycles. The van der Waals surface area contributed by atoms with Crippen LogP contribution in [0.4, 0.5) is 0 Å². The Labute approximate surface area is 117 Å². The molecular formula is C17H17NO2. The third kappa shape index (κ3) is 2.23. The van der Waals surface area contributed by atoms with Crippen molar-refractivity contribution in [1.82, 2.24) is 4.98 Å². The molecule has 3 aromatic rings. The van der Waals surface area contributed by atoms with E-state index in [9.17, 15) is 0 Å². The summed E-state index contributed by atoms with van der Waals surface area (Å²) in [4.78, 5) is 3.40. The summed E-state index contributed by atoms with van der Waals surface area (Å²) < 4.78 is 10.9. The van der Waals surface area contributed by atoms with Gasteiger partial charge in [0.2, 0.25) is 0 Å². The lowest BCUT2D eigenvalue weighted by molar-refractivity contribution is 0.353. The van der Waals surface area contributed by atoms with Gasteiger partial charge in [-0.1, -0.05) is 6.58 Å². The van der Waals surface area contributed by atoms with E-state index >= 15 is 0 Å². The third-order valence-corrected chi connectivity index (χ3v) is 3.26. The summed E-state index contributed by atoms with van der Waals surface area (Å²) in [6.45, 7) is 6.33. The Hall–Kier alpha value is -2.42. The Kier molecular flexibility index (Phi) is 3.11. The van der Waals surface area contributed by atoms with Gasteiger partial charge in [-0.15, -0.1) is 0 Å². The van der Waals surface area contributed by atoms with Crippen LogP contribution in [0.2, 0.25) is 0 Å². The molecule has 3 rings (SSSR count). The van der Waals surface area contributed by atoms with Crippen LogP contribution in [0.5, 0.6) is 11.5 Å². The van der Waals surface area contributed by atoms with Crippen LogP contribution in [0.15, 0.2) is 48.6 Å². The molecule has 3 heteroatoms. The maximum Gasteiger partial charge on any atom is 0.121 e. The maximum absolute atomic E-state index is 5.67. The molecule has 0 radical (unpaired) electrons. The van der Waals surface area contributed by atoms with Gasteiger partial charge in [-0.25, -0.2) is 0 Å². The van der Waals surface area contributed by atoms with E-state index < -0.39 is 0 Å². The van der Waals surface area contributed by atoms with Crippen LogP contribution >= 0.6 is 0 Å². The van der Waals surface area contributed by atoms with E-state index in [0.717, 1.165) is 28.1 Å². The molecule has 1 N–H and O–H groups in total. The molecular weight excluding hydrogens is 250 g/mol. The smallest absolute Gasteiger partial charge is 0.121 e. The van der Waals surface area contributed by atoms with Crippen LogP contribution in [0.25, 0.3) is 21.8 Å². The minimum atomic E-state index is 0.541. The van der Waals surface area contributed by atoms with E-state index in [1.807, 2.05) is 31.2 Å². The minimum Gasteiger partial charge on any atom is -0.497 e. The lowest BCUT2D eigenvalue weighted by Gasteiger charge is -2.05. The van der Waals surface area contributed by atoms with Gasteiger partial charge in [0.05, 0.1) is 18.1 Å². The summed E-state index contributed by atoms with van der Waals surface area (Å²) in [5, 5.41) is 2.37. The zero-order valence-electron chi connectivity index (χ0n) is 11.7. The number of benzene rings is 2. The Morgan fingerprint density at radius 3 is 2.25 bits per heavy atom. The zero-order valence-corrected chi connectivity index (χ0v) is 11.7. The average molecular weight is 267 g/mol. The summed E-state index contributed by atoms with van der Waals surface area (Å²) in [5.41, 5.74) is 3.13. The lowest BCUT2D eigenvalue weighted by atomic mass is 10.1. The Balaban J connectivity index is 2.05. The van der Waals surface area contributed by atoms with Gasteiger partial charge in [0.25, 0.3) is 0 Å². The van der Waals surface area contributed by atoms with Crippen molar-refractivity contribution < 1.29 is 9.47 Å². The molecule has 0 aliphatic rings. The summed E-state index contributed by atoms with van der Waals surface area (Å²) in [6, 6.07) is 12.1. The van der Waals surface area contributed by atoms with Crippen molar-refractivity contribution in [3.63, 3.8) is 0 Å². The number of hydrogen-bond donors (Lipinski definition) is 1. The molecule has 3 nitrogen and oxygen atoms in total. The molecule has 1 heterocycles. The standard InChI is InChI=1S/C17H17NO2/c1-11(2)10-20-13-5-7-15-14-6-4-12(19-3)8-16(14)18-17(15)9-13/h4-9,18H,1,10H2,2-3H3. The highest BCUT2D eigenvalue weighted by Gasteiger charge is 2.06. The quantitative estimate of drug-likeness (QED) is 0.716. The number of aromatic nitrogens is 1. The highest BCUT2D eigenvalue weighted by molar-refractivity contribution is 6.07. The largest absolute Gasteiger partial charge is 0.497 e. The van der Waals surface area contributed by atoms with Gasteiger partial charge in [-0.3, -0.25) is 0 Å². The van der Waals surface area contributed by atoms with Crippen molar-refractivity contribution in [1.29, 1.82) is 0 Å². The molecule has 0 atom stereocenters. The van der Waals surface area contributed by atoms with Gasteiger partial charge in [-0.2, -0.15) is 0 Å². The molecule has 0 unspecified atom stereocenters. The van der Waals surface area contributed by atoms with Crippen LogP contribution in [0.1, 0.15) is 6.92 Å². The summed E-state index contributed by atoms with van der Waals surface area (Å²) in [7, 11) is 1.67. The molecule has 0 saturated carbocycles. The van der Waals surface area contributed by atoms with Crippen LogP contribution in [0.3, 0.4) is 0 Å². The van der Waals surface area contributed by atoms with E-state index in [-0.39, 0.29) is 0 Å². The monoisotopic (exact) mass is 267 g/mol. The second-order valence-corrected chi connectivity index (χ2v) is 4.99. The number of fused-ring (bicyclic) bond motifs is 3. The molecule has 2 aromatic carbocycles. The topological polar surface area (TPSA) is 34.2 Å². The van der Waals surface area contributed by atoms with E-state index in [1.165, 1.54) is 10.8 Å². The van der Waals surface area contributed by atoms with Gasteiger partial charge >= 0.3 is 0 Å². The van der Waals surface area contributed by atoms with Gasteiger partial charge in [-0.05, 0) is 36.8 Å². The molecule has 0 spiro atoms. The first-order valence-electron chi connectivity index (χ1n) is 6.54. The number of ether oxygens (including phenoxy) is 2. The highest BCUT2D eigenvalue weighted by Crippen LogP contribution is 2.30. The third-order valence-electron chi connectivity index (χ3n) is 3.26. The first kappa shape index (κ1) is 12.6. The summed E-state index contributed by atoms with van der Waals surface area (Å²) in [6.07, 6.45) is 0. The van der Waals surface area contributed by atoms with E-state index in [0.29, 0.717) is 6.61 Å². The fraction of sp³-hybridized carbons (Fsp3) is 0.176. The van der Waals surface area contributed by atoms with Gasteiger partial charge in [0, 0.05) is 22.9 Å². The molecule has 0 saturated heterocycles. The summed E-state index contributed by atoms with van der Waals surface area (Å²) >= 11 is 0. The zero-order chi connectivity index (χ0) is 14.1. The van der Waals surface area contributed by atoms with Gasteiger partial charge in [0.1, 0.15) is 18.1 Å². The first-order valence-corrected chi connectivity index (χ1v) is 6.54. The molecule has 102 valence electrons. The molecule has 20 heavy (non-hydrogen) atoms. The van der Waals surface area contributed by atoms with Gasteiger partial charge < -0.3 is 14.5 Å². The molecule has 0 aliphatic carbocycles. The number of hydrogen-bond acceptors (Lipinski definition) is 2. The predicted octanol–water partition coefficient (Wildman–Crippen LogP) is 4.28. The average Bonchev–Trinajstić information content (AvgIpc) is 2.81. The van der Waals surface area contributed by atoms with Crippen LogP contribution in [-0.4, -0.2) is 18.7 Å². The van der Waals surface area contributed by atoms with Crippen molar-refractivity contribution in [2.24, 2.45) is 0 Å². The van der Waals surface area contributed by atoms with Crippen LogP contribution in [-0.2, 0) is 0 Å². The van der Waals surface area contributed by atoms with Crippen LogP contribution in [0, 0.1) is 0 Å². The number of H-pyrrole nitrogens is 1. The molecule has 0 amide bonds.